The highest BCUT2D eigenvalue weighted by Gasteiger charge is 2.49. The third-order valence-corrected chi connectivity index (χ3v) is 5.79. The Morgan fingerprint density at radius 3 is 2.87 bits per heavy atom. The predicted molar refractivity (Wildman–Crippen MR) is 106 cm³/mol. The first-order valence-corrected chi connectivity index (χ1v) is 9.88. The number of pyridine rings is 1. The molecule has 5 heterocycles. The van der Waals surface area contributed by atoms with E-state index in [9.17, 15) is 13.6 Å². The molecule has 0 aliphatic carbocycles. The van der Waals surface area contributed by atoms with Gasteiger partial charge >= 0.3 is 0 Å². The van der Waals surface area contributed by atoms with Crippen molar-refractivity contribution in [2.75, 3.05) is 6.54 Å². The summed E-state index contributed by atoms with van der Waals surface area (Å²) in [7, 11) is 0. The molecule has 3 aromatic rings. The zero-order valence-corrected chi connectivity index (χ0v) is 16.9. The predicted octanol–water partition coefficient (Wildman–Crippen LogP) is 2.85. The Kier molecular flexibility index (Phi) is 4.39. The maximum Gasteiger partial charge on any atom is 0.252 e. The Hall–Kier alpha value is -3.54. The van der Waals surface area contributed by atoms with Gasteiger partial charge in [-0.2, -0.15) is 0 Å². The number of halogens is 2. The first-order valence-electron chi connectivity index (χ1n) is 9.88. The van der Waals surface area contributed by atoms with Gasteiger partial charge in [-0.15, -0.1) is 0 Å². The van der Waals surface area contributed by atoms with Crippen molar-refractivity contribution < 1.29 is 18.3 Å². The fraction of sp³-hybridized carbons (Fsp3) is 0.364. The van der Waals surface area contributed by atoms with Crippen LogP contribution in [0.4, 0.5) is 8.78 Å². The largest absolute Gasteiger partial charge is 0.487 e. The molecule has 1 saturated heterocycles. The van der Waals surface area contributed by atoms with Crippen LogP contribution in [0.2, 0.25) is 0 Å². The van der Waals surface area contributed by atoms with Crippen LogP contribution in [0.3, 0.4) is 0 Å². The van der Waals surface area contributed by atoms with E-state index < -0.39 is 17.7 Å². The molecule has 158 valence electrons. The van der Waals surface area contributed by atoms with E-state index in [1.165, 1.54) is 18.7 Å². The van der Waals surface area contributed by atoms with Crippen molar-refractivity contribution in [2.45, 2.75) is 38.8 Å². The van der Waals surface area contributed by atoms with Crippen LogP contribution in [0.1, 0.15) is 43.0 Å². The zero-order chi connectivity index (χ0) is 21.8. The molecule has 1 fully saturated rings. The minimum Gasteiger partial charge on any atom is -0.487 e. The smallest absolute Gasteiger partial charge is 0.252 e. The molecule has 1 amide bonds. The number of fused-ring (bicyclic) bond motifs is 5. The lowest BCUT2D eigenvalue weighted by Gasteiger charge is -2.32. The molecular formula is C22H19F2N5O2. The van der Waals surface area contributed by atoms with Gasteiger partial charge in [0.2, 0.25) is 5.91 Å². The molecule has 5 rings (SSSR count). The molecule has 2 aliphatic heterocycles. The number of hydrogen-bond acceptors (Lipinski definition) is 5. The van der Waals surface area contributed by atoms with E-state index in [-0.39, 0.29) is 18.7 Å². The number of ether oxygens (including phenoxy) is 1. The zero-order valence-electron chi connectivity index (χ0n) is 16.9. The van der Waals surface area contributed by atoms with Crippen molar-refractivity contribution in [3.8, 4) is 17.6 Å². The molecular weight excluding hydrogens is 404 g/mol. The standard InChI is InChI=1S/C22H19F2N5O2/c1-22(2,20(23)24)21(30)29-11-15-5-17(29)16-8-25-7-14(19(16)31-15)4-3-13-6-27-18-9-26-12-28(18)10-13/h6-10,12,15,17,20H,5,11H2,1-2H3/t15-,17-/m0/s1. The Balaban J connectivity index is 1.48. The molecule has 0 radical (unpaired) electrons. The Labute approximate surface area is 177 Å². The fourth-order valence-electron chi connectivity index (χ4n) is 3.98. The van der Waals surface area contributed by atoms with Gasteiger partial charge in [-0.1, -0.05) is 11.8 Å². The van der Waals surface area contributed by atoms with Gasteiger partial charge in [0.15, 0.2) is 5.65 Å². The molecule has 2 aliphatic rings. The Bertz CT molecular complexity index is 1240. The van der Waals surface area contributed by atoms with E-state index in [1.807, 2.05) is 6.20 Å². The van der Waals surface area contributed by atoms with E-state index in [0.29, 0.717) is 28.9 Å². The quantitative estimate of drug-likeness (QED) is 0.593. The number of carbonyl (C=O) groups excluding carboxylic acids is 1. The average molecular weight is 423 g/mol. The van der Waals surface area contributed by atoms with Gasteiger partial charge in [-0.3, -0.25) is 14.2 Å². The van der Waals surface area contributed by atoms with E-state index >= 15 is 0 Å². The van der Waals surface area contributed by atoms with Crippen molar-refractivity contribution in [1.29, 1.82) is 0 Å². The van der Waals surface area contributed by atoms with Gasteiger partial charge in [0.05, 0.1) is 29.9 Å². The topological polar surface area (TPSA) is 72.6 Å². The first kappa shape index (κ1) is 19.4. The number of nitrogens with zero attached hydrogens (tertiary/aromatic N) is 5. The lowest BCUT2D eigenvalue weighted by Crippen LogP contribution is -2.44. The van der Waals surface area contributed by atoms with Crippen LogP contribution in [-0.4, -0.2) is 49.2 Å². The molecule has 0 unspecified atom stereocenters. The molecule has 0 saturated carbocycles. The van der Waals surface area contributed by atoms with Crippen molar-refractivity contribution >= 4 is 11.6 Å². The highest BCUT2D eigenvalue weighted by atomic mass is 19.3. The average Bonchev–Trinajstić information content (AvgIpc) is 3.36. The summed E-state index contributed by atoms with van der Waals surface area (Å²) in [6.07, 6.45) is 7.55. The maximum absolute atomic E-state index is 13.4. The summed E-state index contributed by atoms with van der Waals surface area (Å²) in [4.78, 5) is 26.9. The molecule has 7 nitrogen and oxygen atoms in total. The highest BCUT2D eigenvalue weighted by molar-refractivity contribution is 5.83. The van der Waals surface area contributed by atoms with Crippen LogP contribution in [0.25, 0.3) is 5.65 Å². The van der Waals surface area contributed by atoms with Crippen LogP contribution >= 0.6 is 0 Å². The van der Waals surface area contributed by atoms with E-state index in [1.54, 1.807) is 35.5 Å². The van der Waals surface area contributed by atoms with Crippen LogP contribution in [0.5, 0.6) is 5.75 Å². The van der Waals surface area contributed by atoms with Gasteiger partial charge in [-0.25, -0.2) is 18.7 Å². The van der Waals surface area contributed by atoms with E-state index in [2.05, 4.69) is 26.8 Å². The van der Waals surface area contributed by atoms with Crippen molar-refractivity contribution in [2.24, 2.45) is 5.41 Å². The van der Waals surface area contributed by atoms with Crippen molar-refractivity contribution in [3.63, 3.8) is 0 Å². The van der Waals surface area contributed by atoms with E-state index in [0.717, 1.165) is 5.65 Å². The monoisotopic (exact) mass is 423 g/mol. The number of carbonyl (C=O) groups is 1. The third kappa shape index (κ3) is 3.19. The summed E-state index contributed by atoms with van der Waals surface area (Å²) in [5, 5.41) is 0. The summed E-state index contributed by atoms with van der Waals surface area (Å²) in [6, 6.07) is -0.350. The number of likely N-dealkylation sites (tertiary alicyclic amines) is 1. The summed E-state index contributed by atoms with van der Waals surface area (Å²) in [5.74, 6) is 6.11. The molecule has 0 N–H and O–H groups in total. The summed E-state index contributed by atoms with van der Waals surface area (Å²) in [6.45, 7) is 2.81. The lowest BCUT2D eigenvalue weighted by molar-refractivity contribution is -0.149. The Morgan fingerprint density at radius 2 is 2.06 bits per heavy atom. The summed E-state index contributed by atoms with van der Waals surface area (Å²) >= 11 is 0. The van der Waals surface area contributed by atoms with Gasteiger partial charge in [0, 0.05) is 36.8 Å². The normalized spacial score (nSPS) is 19.7. The van der Waals surface area contributed by atoms with Crippen LogP contribution < -0.4 is 4.74 Å². The molecule has 2 atom stereocenters. The number of aromatic nitrogens is 4. The van der Waals surface area contributed by atoms with Gasteiger partial charge < -0.3 is 9.64 Å². The van der Waals surface area contributed by atoms with Crippen LogP contribution in [-0.2, 0) is 4.79 Å². The molecule has 2 bridgehead atoms. The number of alkyl halides is 2. The SMILES string of the molecule is CC(C)(C(=O)N1C[C@@H]2C[C@H]1c1cncc(C#Cc3cnc4cncn4c3)c1O2)C(F)F. The lowest BCUT2D eigenvalue weighted by atomic mass is 9.91. The number of amides is 1. The van der Waals surface area contributed by atoms with Crippen LogP contribution in [0, 0.1) is 17.3 Å². The van der Waals surface area contributed by atoms with Crippen molar-refractivity contribution in [3.05, 3.63) is 54.0 Å². The second-order valence-electron chi connectivity index (χ2n) is 8.33. The van der Waals surface area contributed by atoms with Gasteiger partial charge in [0.1, 0.15) is 23.6 Å². The molecule has 0 spiro atoms. The second kappa shape index (κ2) is 7.01. The first-order chi connectivity index (χ1) is 14.8. The Morgan fingerprint density at radius 1 is 1.23 bits per heavy atom. The van der Waals surface area contributed by atoms with Crippen molar-refractivity contribution in [1.82, 2.24) is 24.3 Å². The van der Waals surface area contributed by atoms with Gasteiger partial charge in [0.25, 0.3) is 6.43 Å². The minimum absolute atomic E-state index is 0.262. The number of rotatable bonds is 2. The number of hydrogen-bond donors (Lipinski definition) is 0. The highest BCUT2D eigenvalue weighted by Crippen LogP contribution is 2.46. The molecule has 9 heteroatoms. The van der Waals surface area contributed by atoms with Gasteiger partial charge in [-0.05, 0) is 13.8 Å². The summed E-state index contributed by atoms with van der Waals surface area (Å²) < 4.78 is 34.7. The number of imidazole rings is 1. The van der Waals surface area contributed by atoms with E-state index in [4.69, 9.17) is 4.74 Å². The summed E-state index contributed by atoms with van der Waals surface area (Å²) in [5.41, 5.74) is 0.933. The molecule has 0 aromatic carbocycles. The molecule has 3 aromatic heterocycles. The maximum atomic E-state index is 13.4. The third-order valence-electron chi connectivity index (χ3n) is 5.79. The molecule has 31 heavy (non-hydrogen) atoms. The fourth-order valence-corrected chi connectivity index (χ4v) is 3.98. The second-order valence-corrected chi connectivity index (χ2v) is 8.33. The minimum atomic E-state index is -2.75. The van der Waals surface area contributed by atoms with Crippen LogP contribution in [0.15, 0.2) is 37.3 Å².